The van der Waals surface area contributed by atoms with E-state index >= 15 is 0 Å². The lowest BCUT2D eigenvalue weighted by Crippen LogP contribution is -2.22. The number of aryl methyl sites for hydroxylation is 1. The minimum absolute atomic E-state index is 0.252. The van der Waals surface area contributed by atoms with Crippen LogP contribution in [0, 0.1) is 12.7 Å². The van der Waals surface area contributed by atoms with Crippen LogP contribution in [0.2, 0.25) is 0 Å². The summed E-state index contributed by atoms with van der Waals surface area (Å²) in [7, 11) is 0. The summed E-state index contributed by atoms with van der Waals surface area (Å²) in [6, 6.07) is 4.83. The fourth-order valence-corrected chi connectivity index (χ4v) is 2.15. The predicted octanol–water partition coefficient (Wildman–Crippen LogP) is 3.23. The van der Waals surface area contributed by atoms with Gasteiger partial charge in [0.2, 0.25) is 0 Å². The summed E-state index contributed by atoms with van der Waals surface area (Å²) in [5, 5.41) is 3.12. The van der Waals surface area contributed by atoms with Gasteiger partial charge in [0, 0.05) is 31.9 Å². The van der Waals surface area contributed by atoms with Gasteiger partial charge in [-0.3, -0.25) is 0 Å². The van der Waals surface area contributed by atoms with Crippen LogP contribution >= 0.6 is 0 Å². The zero-order valence-corrected chi connectivity index (χ0v) is 12.1. The van der Waals surface area contributed by atoms with E-state index in [0.717, 1.165) is 10.1 Å². The summed E-state index contributed by atoms with van der Waals surface area (Å²) >= 11 is 0. The Kier molecular flexibility index (Phi) is 5.18. The second-order valence-electron chi connectivity index (χ2n) is 5.10. The number of alkyl halides is 3. The first-order chi connectivity index (χ1) is 10.3. The maximum absolute atomic E-state index is 13.1. The molecule has 0 fully saturated rings. The summed E-state index contributed by atoms with van der Waals surface area (Å²) in [5.74, 6) is 0.137. The van der Waals surface area contributed by atoms with Crippen molar-refractivity contribution >= 4 is 0 Å². The van der Waals surface area contributed by atoms with E-state index in [-0.39, 0.29) is 5.82 Å². The zero-order chi connectivity index (χ0) is 16.2. The number of nitrogens with one attached hydrogen (secondary N) is 1. The summed E-state index contributed by atoms with van der Waals surface area (Å²) in [4.78, 5) is 3.94. The van der Waals surface area contributed by atoms with Crippen molar-refractivity contribution in [2.24, 2.45) is 0 Å². The summed E-state index contributed by atoms with van der Waals surface area (Å²) in [5.41, 5.74) is 1.50. The summed E-state index contributed by atoms with van der Waals surface area (Å²) < 4.78 is 51.4. The van der Waals surface area contributed by atoms with Crippen LogP contribution in [0.3, 0.4) is 0 Å². The van der Waals surface area contributed by atoms with Crippen LogP contribution in [0.5, 0.6) is 0 Å². The molecule has 0 unspecified atom stereocenters. The van der Waals surface area contributed by atoms with E-state index in [1.807, 2.05) is 0 Å². The van der Waals surface area contributed by atoms with Gasteiger partial charge < -0.3 is 9.88 Å². The fourth-order valence-electron chi connectivity index (χ4n) is 2.15. The van der Waals surface area contributed by atoms with Gasteiger partial charge >= 0.3 is 6.18 Å². The van der Waals surface area contributed by atoms with Crippen LogP contribution in [0.15, 0.2) is 30.6 Å². The van der Waals surface area contributed by atoms with E-state index in [2.05, 4.69) is 10.3 Å². The van der Waals surface area contributed by atoms with Gasteiger partial charge in [-0.25, -0.2) is 9.37 Å². The fraction of sp³-hybridized carbons (Fsp3) is 0.400. The number of aromatic nitrogens is 2. The van der Waals surface area contributed by atoms with Gasteiger partial charge in [0.05, 0.1) is 0 Å². The van der Waals surface area contributed by atoms with Crippen LogP contribution in [0.4, 0.5) is 17.6 Å². The van der Waals surface area contributed by atoms with Crippen LogP contribution in [-0.4, -0.2) is 22.3 Å². The van der Waals surface area contributed by atoms with Crippen LogP contribution < -0.4 is 5.32 Å². The minimum atomic E-state index is -4.26. The first-order valence-electron chi connectivity index (χ1n) is 6.87. The van der Waals surface area contributed by atoms with Gasteiger partial charge in [-0.2, -0.15) is 13.2 Å². The normalized spacial score (nSPS) is 11.9. The van der Waals surface area contributed by atoms with Gasteiger partial charge in [0.15, 0.2) is 0 Å². The van der Waals surface area contributed by atoms with Crippen molar-refractivity contribution in [1.29, 1.82) is 0 Å². The lowest BCUT2D eigenvalue weighted by Gasteiger charge is -2.11. The monoisotopic (exact) mass is 315 g/mol. The highest BCUT2D eigenvalue weighted by atomic mass is 19.4. The summed E-state index contributed by atoms with van der Waals surface area (Å²) in [6.45, 7) is 1.68. The number of benzene rings is 1. The number of hydrogen-bond acceptors (Lipinski definition) is 2. The highest BCUT2D eigenvalue weighted by Crippen LogP contribution is 2.18. The largest absolute Gasteiger partial charge is 0.406 e. The SMILES string of the molecule is Cc1cc(CNCCc2nccn2CC(F)(F)F)ccc1F. The van der Waals surface area contributed by atoms with Crippen molar-refractivity contribution in [1.82, 2.24) is 14.9 Å². The van der Waals surface area contributed by atoms with Gasteiger partial charge in [0.25, 0.3) is 0 Å². The maximum atomic E-state index is 13.1. The van der Waals surface area contributed by atoms with Gasteiger partial charge in [0.1, 0.15) is 18.2 Å². The van der Waals surface area contributed by atoms with E-state index in [1.165, 1.54) is 18.5 Å². The molecule has 3 nitrogen and oxygen atoms in total. The molecule has 1 heterocycles. The molecule has 1 N–H and O–H groups in total. The topological polar surface area (TPSA) is 29.9 Å². The average Bonchev–Trinajstić information content (AvgIpc) is 2.84. The van der Waals surface area contributed by atoms with E-state index in [1.54, 1.807) is 19.1 Å². The van der Waals surface area contributed by atoms with Crippen molar-refractivity contribution in [3.05, 3.63) is 53.4 Å². The molecular formula is C15H17F4N3. The van der Waals surface area contributed by atoms with E-state index in [0.29, 0.717) is 30.9 Å². The highest BCUT2D eigenvalue weighted by molar-refractivity contribution is 5.23. The van der Waals surface area contributed by atoms with Gasteiger partial charge in [-0.05, 0) is 24.1 Å². The molecule has 2 rings (SSSR count). The lowest BCUT2D eigenvalue weighted by molar-refractivity contribution is -0.141. The molecule has 22 heavy (non-hydrogen) atoms. The Morgan fingerprint density at radius 2 is 2.05 bits per heavy atom. The second-order valence-corrected chi connectivity index (χ2v) is 5.10. The molecule has 0 aliphatic rings. The molecule has 120 valence electrons. The van der Waals surface area contributed by atoms with E-state index < -0.39 is 12.7 Å². The second kappa shape index (κ2) is 6.91. The van der Waals surface area contributed by atoms with E-state index in [9.17, 15) is 17.6 Å². The third-order valence-corrected chi connectivity index (χ3v) is 3.23. The third kappa shape index (κ3) is 4.84. The molecule has 0 aliphatic heterocycles. The predicted molar refractivity (Wildman–Crippen MR) is 74.8 cm³/mol. The molecule has 0 amide bonds. The quantitative estimate of drug-likeness (QED) is 0.655. The van der Waals surface area contributed by atoms with Crippen molar-refractivity contribution in [2.45, 2.75) is 32.6 Å². The molecule has 1 aromatic carbocycles. The Morgan fingerprint density at radius 1 is 1.27 bits per heavy atom. The molecule has 0 saturated carbocycles. The number of hydrogen-bond donors (Lipinski definition) is 1. The average molecular weight is 315 g/mol. The zero-order valence-electron chi connectivity index (χ0n) is 12.1. The van der Waals surface area contributed by atoms with E-state index in [4.69, 9.17) is 0 Å². The van der Waals surface area contributed by atoms with Crippen molar-refractivity contribution in [3.8, 4) is 0 Å². The lowest BCUT2D eigenvalue weighted by atomic mass is 10.1. The van der Waals surface area contributed by atoms with Crippen molar-refractivity contribution < 1.29 is 17.6 Å². The Hall–Kier alpha value is -1.89. The van der Waals surface area contributed by atoms with Crippen molar-refractivity contribution in [3.63, 3.8) is 0 Å². The molecule has 7 heteroatoms. The van der Waals surface area contributed by atoms with Crippen LogP contribution in [-0.2, 0) is 19.5 Å². The minimum Gasteiger partial charge on any atom is -0.326 e. The molecule has 0 aliphatic carbocycles. The molecule has 0 radical (unpaired) electrons. The Bertz CT molecular complexity index is 619. The molecule has 0 bridgehead atoms. The molecule has 1 aromatic heterocycles. The highest BCUT2D eigenvalue weighted by Gasteiger charge is 2.28. The standard InChI is InChI=1S/C15H17F4N3/c1-11-8-12(2-3-13(11)16)9-20-5-4-14-21-6-7-22(14)10-15(17,18)19/h2-3,6-8,20H,4-5,9-10H2,1H3. The Labute approximate surface area is 126 Å². The first kappa shape index (κ1) is 16.5. The molecule has 0 saturated heterocycles. The number of nitrogens with zero attached hydrogens (tertiary/aromatic N) is 2. The number of halogens is 4. The third-order valence-electron chi connectivity index (χ3n) is 3.23. The van der Waals surface area contributed by atoms with Crippen LogP contribution in [0.25, 0.3) is 0 Å². The smallest absolute Gasteiger partial charge is 0.326 e. The maximum Gasteiger partial charge on any atom is 0.406 e. The summed E-state index contributed by atoms with van der Waals surface area (Å²) in [6.07, 6.45) is -1.17. The van der Waals surface area contributed by atoms with Gasteiger partial charge in [-0.1, -0.05) is 12.1 Å². The van der Waals surface area contributed by atoms with Crippen molar-refractivity contribution in [2.75, 3.05) is 6.54 Å². The Morgan fingerprint density at radius 3 is 2.73 bits per heavy atom. The molecule has 2 aromatic rings. The molecular weight excluding hydrogens is 298 g/mol. The molecule has 0 spiro atoms. The number of imidazole rings is 1. The first-order valence-corrected chi connectivity index (χ1v) is 6.87. The number of rotatable bonds is 6. The molecule has 0 atom stereocenters. The van der Waals surface area contributed by atoms with Crippen LogP contribution in [0.1, 0.15) is 17.0 Å². The Balaban J connectivity index is 1.82. The van der Waals surface area contributed by atoms with Gasteiger partial charge in [-0.15, -0.1) is 0 Å².